The zero-order valence-electron chi connectivity index (χ0n) is 10.6. The maximum atomic E-state index is 9.60. The molecule has 0 fully saturated rings. The van der Waals surface area contributed by atoms with Crippen molar-refractivity contribution in [1.29, 1.82) is 0 Å². The van der Waals surface area contributed by atoms with Gasteiger partial charge in [0, 0.05) is 5.97 Å². The molecule has 4 nitrogen and oxygen atoms in total. The van der Waals surface area contributed by atoms with Crippen molar-refractivity contribution in [3.63, 3.8) is 0 Å². The van der Waals surface area contributed by atoms with Crippen molar-refractivity contribution in [1.82, 2.24) is 0 Å². The molecule has 0 aliphatic rings. The first-order valence-electron chi connectivity index (χ1n) is 4.86. The van der Waals surface area contributed by atoms with Gasteiger partial charge >= 0.3 is 17.4 Å². The first-order valence-corrected chi connectivity index (χ1v) is 4.86. The smallest absolute Gasteiger partial charge is 0.852 e. The van der Waals surface area contributed by atoms with E-state index in [1.54, 1.807) is 33.8 Å². The summed E-state index contributed by atoms with van der Waals surface area (Å²) in [5.74, 6) is -1.01. The van der Waals surface area contributed by atoms with Crippen LogP contribution in [0.25, 0.3) is 0 Å². The average Bonchev–Trinajstić information content (AvgIpc) is 1.98. The maximum Gasteiger partial charge on any atom is 3.00 e. The Labute approximate surface area is 109 Å². The van der Waals surface area contributed by atoms with Gasteiger partial charge in [-0.15, -0.1) is 18.8 Å². The van der Waals surface area contributed by atoms with Crippen LogP contribution in [0.5, 0.6) is 0 Å². The second kappa shape index (κ2) is 20.1. The standard InChI is InChI=1S/C5H8O2.2C3H7O.Al/c1-2-3-4-5(6)7;2*1-3(2)4;/h2H,1,3-4H2,(H,6,7);2*3H,1-2H3;/q;2*-1;+3/p-1. The van der Waals surface area contributed by atoms with Gasteiger partial charge in [0.15, 0.2) is 0 Å². The van der Waals surface area contributed by atoms with Crippen molar-refractivity contribution < 1.29 is 20.1 Å². The van der Waals surface area contributed by atoms with E-state index in [0.717, 1.165) is 0 Å². The number of carbonyl (C=O) groups is 1. The molecule has 0 aromatic carbocycles. The maximum absolute atomic E-state index is 9.60. The summed E-state index contributed by atoms with van der Waals surface area (Å²) in [4.78, 5) is 9.60. The van der Waals surface area contributed by atoms with Crippen molar-refractivity contribution in [2.45, 2.75) is 52.7 Å². The molecule has 0 heterocycles. The van der Waals surface area contributed by atoms with Gasteiger partial charge in [-0.3, -0.25) is 0 Å². The van der Waals surface area contributed by atoms with Crippen LogP contribution >= 0.6 is 0 Å². The summed E-state index contributed by atoms with van der Waals surface area (Å²) >= 11 is 0. The molecule has 0 bridgehead atoms. The van der Waals surface area contributed by atoms with E-state index in [4.69, 9.17) is 0 Å². The molecule has 0 aliphatic heterocycles. The van der Waals surface area contributed by atoms with Crippen LogP contribution in [0.2, 0.25) is 0 Å². The SMILES string of the molecule is C=CCCC(=O)[O-].CC(C)[O-].CC(C)[O-].[Al+3]. The van der Waals surface area contributed by atoms with Crippen molar-refractivity contribution in [3.05, 3.63) is 12.7 Å². The van der Waals surface area contributed by atoms with Crippen molar-refractivity contribution in [3.8, 4) is 0 Å². The topological polar surface area (TPSA) is 86.2 Å². The predicted octanol–water partition coefficient (Wildman–Crippen LogP) is -1.17. The van der Waals surface area contributed by atoms with E-state index in [2.05, 4.69) is 6.58 Å². The molecule has 0 saturated heterocycles. The molecule has 0 aliphatic carbocycles. The van der Waals surface area contributed by atoms with E-state index in [-0.39, 0.29) is 23.8 Å². The summed E-state index contributed by atoms with van der Waals surface area (Å²) in [6, 6.07) is 0. The van der Waals surface area contributed by atoms with Crippen LogP contribution in [-0.4, -0.2) is 35.5 Å². The molecule has 5 heteroatoms. The predicted molar refractivity (Wildman–Crippen MR) is 60.5 cm³/mol. The monoisotopic (exact) mass is 244 g/mol. The minimum Gasteiger partial charge on any atom is -0.852 e. The fraction of sp³-hybridized carbons (Fsp3) is 0.727. The second-order valence-electron chi connectivity index (χ2n) is 3.30. The number of allylic oxidation sites excluding steroid dienone is 1. The Bertz CT molecular complexity index is 135. The van der Waals surface area contributed by atoms with E-state index in [0.29, 0.717) is 6.42 Å². The van der Waals surface area contributed by atoms with Crippen LogP contribution in [0, 0.1) is 0 Å². The van der Waals surface area contributed by atoms with Crippen LogP contribution in [0.3, 0.4) is 0 Å². The van der Waals surface area contributed by atoms with Gasteiger partial charge < -0.3 is 20.1 Å². The average molecular weight is 244 g/mol. The molecule has 0 aromatic heterocycles. The summed E-state index contributed by atoms with van der Waals surface area (Å²) in [5, 5.41) is 28.7. The Balaban J connectivity index is -0.0000000700. The van der Waals surface area contributed by atoms with E-state index in [9.17, 15) is 20.1 Å². The van der Waals surface area contributed by atoms with Gasteiger partial charge in [0.05, 0.1) is 0 Å². The third kappa shape index (κ3) is 163. The summed E-state index contributed by atoms with van der Waals surface area (Å²) in [6.45, 7) is 9.79. The molecular weight excluding hydrogens is 223 g/mol. The molecular formula is C11H21AlO4. The van der Waals surface area contributed by atoms with Gasteiger partial charge in [0.2, 0.25) is 0 Å². The number of rotatable bonds is 3. The molecule has 0 amide bonds. The largest absolute Gasteiger partial charge is 3.00 e. The Kier molecular flexibility index (Phi) is 31.1. The molecule has 0 spiro atoms. The Morgan fingerprint density at radius 3 is 1.50 bits per heavy atom. The molecule has 0 rings (SSSR count). The minimum absolute atomic E-state index is 0. The summed E-state index contributed by atoms with van der Waals surface area (Å²) in [7, 11) is 0. The van der Waals surface area contributed by atoms with E-state index in [1.165, 1.54) is 0 Å². The van der Waals surface area contributed by atoms with E-state index < -0.39 is 18.2 Å². The van der Waals surface area contributed by atoms with E-state index >= 15 is 0 Å². The molecule has 0 radical (unpaired) electrons. The second-order valence-corrected chi connectivity index (χ2v) is 3.30. The van der Waals surface area contributed by atoms with Crippen LogP contribution in [0.1, 0.15) is 40.5 Å². The molecule has 92 valence electrons. The molecule has 0 aromatic rings. The quantitative estimate of drug-likeness (QED) is 0.462. The normalized spacial score (nSPS) is 8.00. The Hall–Kier alpha value is -0.338. The van der Waals surface area contributed by atoms with Crippen molar-refractivity contribution in [2.75, 3.05) is 0 Å². The van der Waals surface area contributed by atoms with Gasteiger partial charge in [-0.05, 0) is 12.8 Å². The number of carboxylic acids is 1. The third-order valence-electron chi connectivity index (χ3n) is 0.553. The molecule has 16 heavy (non-hydrogen) atoms. The van der Waals surface area contributed by atoms with Crippen molar-refractivity contribution >= 4 is 23.3 Å². The minimum atomic E-state index is -1.01. The zero-order chi connectivity index (χ0) is 12.9. The Morgan fingerprint density at radius 1 is 1.19 bits per heavy atom. The number of hydrogen-bond acceptors (Lipinski definition) is 4. The van der Waals surface area contributed by atoms with Crippen LogP contribution in [0.15, 0.2) is 12.7 Å². The first kappa shape index (κ1) is 24.8. The van der Waals surface area contributed by atoms with Gasteiger partial charge in [-0.2, -0.15) is 0 Å². The van der Waals surface area contributed by atoms with Crippen LogP contribution in [0.4, 0.5) is 0 Å². The molecule has 0 saturated carbocycles. The number of hydrogen-bond donors (Lipinski definition) is 0. The number of aliphatic carboxylic acids is 1. The molecule has 0 atom stereocenters. The van der Waals surface area contributed by atoms with Gasteiger partial charge in [0.1, 0.15) is 0 Å². The third-order valence-corrected chi connectivity index (χ3v) is 0.553. The van der Waals surface area contributed by atoms with Gasteiger partial charge in [-0.25, -0.2) is 0 Å². The summed E-state index contributed by atoms with van der Waals surface area (Å²) in [5.41, 5.74) is 0. The fourth-order valence-electron chi connectivity index (χ4n) is 0.220. The zero-order valence-corrected chi connectivity index (χ0v) is 11.7. The molecule has 0 unspecified atom stereocenters. The van der Waals surface area contributed by atoms with Crippen molar-refractivity contribution in [2.24, 2.45) is 0 Å². The number of carbonyl (C=O) groups excluding carboxylic acids is 1. The first-order chi connectivity index (χ1) is 6.73. The van der Waals surface area contributed by atoms with E-state index in [1.807, 2.05) is 0 Å². The van der Waals surface area contributed by atoms with Gasteiger partial charge in [0.25, 0.3) is 0 Å². The van der Waals surface area contributed by atoms with Gasteiger partial charge in [-0.1, -0.05) is 33.8 Å². The summed E-state index contributed by atoms with van der Waals surface area (Å²) in [6.07, 6.45) is 1.31. The Morgan fingerprint density at radius 2 is 1.44 bits per heavy atom. The van der Waals surface area contributed by atoms with Crippen LogP contribution < -0.4 is 15.3 Å². The van der Waals surface area contributed by atoms with Crippen LogP contribution in [-0.2, 0) is 4.79 Å². The molecule has 0 N–H and O–H groups in total. The fourth-order valence-corrected chi connectivity index (χ4v) is 0.220. The summed E-state index contributed by atoms with van der Waals surface area (Å²) < 4.78 is 0. The number of carboxylic acid groups (broad SMARTS) is 1.